The van der Waals surface area contributed by atoms with Gasteiger partial charge < -0.3 is 9.52 Å². The van der Waals surface area contributed by atoms with Crippen LogP contribution in [0.5, 0.6) is 0 Å². The highest BCUT2D eigenvalue weighted by molar-refractivity contribution is 5.82. The van der Waals surface area contributed by atoms with Crippen molar-refractivity contribution >= 4 is 5.78 Å². The van der Waals surface area contributed by atoms with Crippen LogP contribution in [0.2, 0.25) is 0 Å². The molecule has 0 radical (unpaired) electrons. The lowest BCUT2D eigenvalue weighted by molar-refractivity contribution is -0.133. The quantitative estimate of drug-likeness (QED) is 0.732. The molecule has 0 bridgehead atoms. The highest BCUT2D eigenvalue weighted by Crippen LogP contribution is 2.64. The molecule has 0 amide bonds. The Bertz CT molecular complexity index is 1120. The van der Waals surface area contributed by atoms with E-state index >= 15 is 0 Å². The minimum atomic E-state index is -0.491. The molecule has 1 N–H and O–H groups in total. The van der Waals surface area contributed by atoms with Crippen molar-refractivity contribution in [1.29, 1.82) is 0 Å². The third kappa shape index (κ3) is 3.41. The van der Waals surface area contributed by atoms with E-state index in [1.807, 2.05) is 6.92 Å². The van der Waals surface area contributed by atoms with Crippen LogP contribution in [0.15, 0.2) is 21.8 Å². The van der Waals surface area contributed by atoms with Crippen molar-refractivity contribution in [3.05, 3.63) is 23.1 Å². The maximum Gasteiger partial charge on any atom is 0.371 e. The lowest BCUT2D eigenvalue weighted by Crippen LogP contribution is -2.51. The molecule has 6 rings (SSSR count). The standard InChI is InChI=1S/C25H35N5O4/c1-24(33)9-7-16-15(11-24)3-4-18-17(16)8-10-25(2)19(18)5-6-20(25)21(31)13-29-23(32)30(28-27-29)22-12-26-14-34-22/h12,14-20,33H,3-11,13H2,1-2H3/t15-,16+,17-,18-,19+,20-,24-,25+/m1/s1. The summed E-state index contributed by atoms with van der Waals surface area (Å²) in [5.41, 5.74) is -0.981. The minimum Gasteiger partial charge on any atom is -0.425 e. The smallest absolute Gasteiger partial charge is 0.371 e. The number of tetrazole rings is 1. The molecule has 4 saturated carbocycles. The van der Waals surface area contributed by atoms with Gasteiger partial charge in [0.25, 0.3) is 0 Å². The fourth-order valence-corrected chi connectivity index (χ4v) is 8.69. The van der Waals surface area contributed by atoms with Gasteiger partial charge in [-0.05, 0) is 110 Å². The van der Waals surface area contributed by atoms with Crippen LogP contribution in [0, 0.1) is 40.9 Å². The van der Waals surface area contributed by atoms with Crippen LogP contribution in [-0.2, 0) is 11.3 Å². The Balaban J connectivity index is 1.18. The van der Waals surface area contributed by atoms with Gasteiger partial charge in [0.2, 0.25) is 5.88 Å². The number of oxazole rings is 1. The number of aliphatic hydroxyl groups is 1. The van der Waals surface area contributed by atoms with Crippen LogP contribution in [-0.4, -0.2) is 41.3 Å². The zero-order chi connectivity index (χ0) is 23.7. The van der Waals surface area contributed by atoms with Gasteiger partial charge in [-0.25, -0.2) is 9.78 Å². The molecule has 2 aromatic heterocycles. The third-order valence-corrected chi connectivity index (χ3v) is 10.2. The summed E-state index contributed by atoms with van der Waals surface area (Å²) in [6.07, 6.45) is 12.4. The zero-order valence-electron chi connectivity index (χ0n) is 20.1. The van der Waals surface area contributed by atoms with Crippen LogP contribution >= 0.6 is 0 Å². The average molecular weight is 470 g/mol. The number of nitrogens with zero attached hydrogens (tertiary/aromatic N) is 5. The molecule has 4 aliphatic rings. The van der Waals surface area contributed by atoms with Crippen molar-refractivity contribution in [3.63, 3.8) is 0 Å². The minimum absolute atomic E-state index is 0.00419. The summed E-state index contributed by atoms with van der Waals surface area (Å²) >= 11 is 0. The predicted octanol–water partition coefficient (Wildman–Crippen LogP) is 3.01. The zero-order valence-corrected chi connectivity index (χ0v) is 20.1. The van der Waals surface area contributed by atoms with Gasteiger partial charge in [-0.1, -0.05) is 6.92 Å². The molecule has 0 saturated heterocycles. The normalized spacial score (nSPS) is 41.5. The molecule has 0 spiro atoms. The first-order chi connectivity index (χ1) is 16.3. The summed E-state index contributed by atoms with van der Waals surface area (Å²) in [6.45, 7) is 4.29. The Morgan fingerprint density at radius 2 is 1.91 bits per heavy atom. The van der Waals surface area contributed by atoms with Crippen molar-refractivity contribution in [2.45, 2.75) is 83.8 Å². The van der Waals surface area contributed by atoms with Gasteiger partial charge in [0.1, 0.15) is 6.54 Å². The van der Waals surface area contributed by atoms with Gasteiger partial charge in [-0.3, -0.25) is 4.79 Å². The van der Waals surface area contributed by atoms with E-state index in [2.05, 4.69) is 22.3 Å². The fourth-order valence-electron chi connectivity index (χ4n) is 8.69. The van der Waals surface area contributed by atoms with Gasteiger partial charge in [0.15, 0.2) is 12.2 Å². The van der Waals surface area contributed by atoms with Gasteiger partial charge in [0, 0.05) is 5.92 Å². The SMILES string of the molecule is C[C@@]1(O)CC[C@H]2[C@H](CC[C@@H]3[C@@H]2CC[C@]2(C)[C@@H](C(=O)Cn4nnn(-c5cnco5)c4=O)CC[C@@H]32)C1. The Kier molecular flexibility index (Phi) is 5.13. The topological polar surface area (TPSA) is 116 Å². The van der Waals surface area contributed by atoms with Crippen LogP contribution in [0.25, 0.3) is 5.88 Å². The maximum atomic E-state index is 13.5. The Labute approximate surface area is 198 Å². The second-order valence-corrected chi connectivity index (χ2v) is 12.0. The van der Waals surface area contributed by atoms with E-state index in [1.54, 1.807) is 0 Å². The van der Waals surface area contributed by atoms with Gasteiger partial charge in [-0.2, -0.15) is 4.68 Å². The van der Waals surface area contributed by atoms with Crippen molar-refractivity contribution in [2.24, 2.45) is 40.9 Å². The van der Waals surface area contributed by atoms with E-state index in [1.165, 1.54) is 31.9 Å². The number of rotatable bonds is 4. The van der Waals surface area contributed by atoms with E-state index in [4.69, 9.17) is 4.42 Å². The summed E-state index contributed by atoms with van der Waals surface area (Å²) < 4.78 is 7.32. The highest BCUT2D eigenvalue weighted by atomic mass is 16.4. The van der Waals surface area contributed by atoms with Gasteiger partial charge >= 0.3 is 5.69 Å². The summed E-state index contributed by atoms with van der Waals surface area (Å²) in [5, 5.41) is 18.4. The molecule has 9 nitrogen and oxygen atoms in total. The van der Waals surface area contributed by atoms with E-state index in [0.717, 1.165) is 59.7 Å². The van der Waals surface area contributed by atoms with Crippen molar-refractivity contribution in [2.75, 3.05) is 0 Å². The molecule has 2 heterocycles. The number of hydrogen-bond donors (Lipinski definition) is 1. The summed E-state index contributed by atoms with van der Waals surface area (Å²) in [7, 11) is 0. The molecule has 0 unspecified atom stereocenters. The first-order valence-electron chi connectivity index (χ1n) is 12.9. The number of carbonyl (C=O) groups is 1. The molecule has 4 fully saturated rings. The van der Waals surface area contributed by atoms with Gasteiger partial charge in [-0.15, -0.1) is 4.68 Å². The largest absolute Gasteiger partial charge is 0.425 e. The molecular formula is C25H35N5O4. The Morgan fingerprint density at radius 1 is 1.09 bits per heavy atom. The number of hydrogen-bond acceptors (Lipinski definition) is 7. The number of fused-ring (bicyclic) bond motifs is 5. The van der Waals surface area contributed by atoms with Crippen LogP contribution in [0.4, 0.5) is 0 Å². The van der Waals surface area contributed by atoms with Crippen LogP contribution in [0.3, 0.4) is 0 Å². The first kappa shape index (κ1) is 22.2. The molecular weight excluding hydrogens is 434 g/mol. The second kappa shape index (κ2) is 7.86. The first-order valence-corrected chi connectivity index (χ1v) is 12.9. The van der Waals surface area contributed by atoms with Crippen molar-refractivity contribution in [3.8, 4) is 5.88 Å². The number of Topliss-reactive ketones (excluding diaryl/α,β-unsaturated/α-hetero) is 1. The highest BCUT2D eigenvalue weighted by Gasteiger charge is 2.58. The predicted molar refractivity (Wildman–Crippen MR) is 122 cm³/mol. The fraction of sp³-hybridized carbons (Fsp3) is 0.800. The molecule has 4 aliphatic carbocycles. The van der Waals surface area contributed by atoms with E-state index in [9.17, 15) is 14.7 Å². The third-order valence-electron chi connectivity index (χ3n) is 10.2. The molecule has 8 atom stereocenters. The Hall–Kier alpha value is -2.29. The lowest BCUT2D eigenvalue weighted by atomic mass is 9.49. The molecule has 9 heteroatoms. The maximum absolute atomic E-state index is 13.5. The Morgan fingerprint density at radius 3 is 2.71 bits per heavy atom. The van der Waals surface area contributed by atoms with E-state index < -0.39 is 11.3 Å². The molecule has 0 aliphatic heterocycles. The number of carbonyl (C=O) groups excluding carboxylic acids is 1. The van der Waals surface area contributed by atoms with Crippen LogP contribution in [0.1, 0.15) is 71.6 Å². The van der Waals surface area contributed by atoms with Crippen molar-refractivity contribution < 1.29 is 14.3 Å². The van der Waals surface area contributed by atoms with Crippen LogP contribution < -0.4 is 5.69 Å². The molecule has 0 aromatic carbocycles. The molecule has 34 heavy (non-hydrogen) atoms. The number of aromatic nitrogens is 5. The van der Waals surface area contributed by atoms with E-state index in [-0.39, 0.29) is 29.5 Å². The lowest BCUT2D eigenvalue weighted by Gasteiger charge is -2.56. The summed E-state index contributed by atoms with van der Waals surface area (Å²) in [6, 6.07) is 0. The number of ketones is 1. The van der Waals surface area contributed by atoms with Crippen molar-refractivity contribution in [1.82, 2.24) is 24.8 Å². The molecule has 2 aromatic rings. The average Bonchev–Trinajstić information content (AvgIpc) is 3.52. The summed E-state index contributed by atoms with van der Waals surface area (Å²) in [5.74, 6) is 3.65. The second-order valence-electron chi connectivity index (χ2n) is 12.0. The summed E-state index contributed by atoms with van der Waals surface area (Å²) in [4.78, 5) is 30.0. The van der Waals surface area contributed by atoms with E-state index in [0.29, 0.717) is 17.8 Å². The molecule has 184 valence electrons. The monoisotopic (exact) mass is 469 g/mol. The van der Waals surface area contributed by atoms with Gasteiger partial charge in [0.05, 0.1) is 11.8 Å².